The molecule has 0 amide bonds. The minimum atomic E-state index is -0.517. The zero-order valence-electron chi connectivity index (χ0n) is 17.1. The minimum absolute atomic E-state index is 0.0723. The van der Waals surface area contributed by atoms with Crippen molar-refractivity contribution in [2.45, 2.75) is 38.8 Å². The molecule has 6 heteroatoms. The van der Waals surface area contributed by atoms with Crippen LogP contribution >= 0.6 is 0 Å². The van der Waals surface area contributed by atoms with Crippen LogP contribution in [-0.2, 0) is 6.42 Å². The van der Waals surface area contributed by atoms with Gasteiger partial charge in [-0.2, -0.15) is 0 Å². The van der Waals surface area contributed by atoms with Gasteiger partial charge in [-0.15, -0.1) is 0 Å². The fraction of sp³-hybridized carbons (Fsp3) is 0.250. The highest BCUT2D eigenvalue weighted by Gasteiger charge is 2.33. The molecule has 0 aliphatic carbocycles. The molecule has 1 unspecified atom stereocenters. The fourth-order valence-corrected chi connectivity index (χ4v) is 3.19. The first kappa shape index (κ1) is 19.9. The Bertz CT molecular complexity index is 1090. The molecule has 1 aliphatic heterocycles. The summed E-state index contributed by atoms with van der Waals surface area (Å²) in [6.45, 7) is 6.06. The van der Waals surface area contributed by atoms with Crippen molar-refractivity contribution in [1.29, 1.82) is 0 Å². The summed E-state index contributed by atoms with van der Waals surface area (Å²) in [7, 11) is 0. The average molecular weight is 406 g/mol. The van der Waals surface area contributed by atoms with E-state index in [4.69, 9.17) is 9.15 Å². The predicted octanol–water partition coefficient (Wildman–Crippen LogP) is 4.94. The van der Waals surface area contributed by atoms with E-state index in [2.05, 4.69) is 10.3 Å². The number of fused-ring (bicyclic) bond motifs is 1. The molecule has 4 rings (SSSR count). The van der Waals surface area contributed by atoms with Gasteiger partial charge in [0.2, 0.25) is 5.89 Å². The lowest BCUT2D eigenvalue weighted by Crippen LogP contribution is -2.37. The maximum absolute atomic E-state index is 13.2. The van der Waals surface area contributed by atoms with Crippen LogP contribution in [0.25, 0.3) is 11.5 Å². The van der Waals surface area contributed by atoms with Crippen LogP contribution < -0.4 is 10.1 Å². The molecule has 1 aromatic heterocycles. The number of ketones is 1. The van der Waals surface area contributed by atoms with Crippen molar-refractivity contribution in [2.24, 2.45) is 0 Å². The highest BCUT2D eigenvalue weighted by Crippen LogP contribution is 2.32. The Balaban J connectivity index is 1.62. The van der Waals surface area contributed by atoms with Gasteiger partial charge in [0, 0.05) is 23.7 Å². The van der Waals surface area contributed by atoms with E-state index in [9.17, 15) is 9.18 Å². The van der Waals surface area contributed by atoms with Crippen LogP contribution in [0.4, 0.5) is 4.39 Å². The Morgan fingerprint density at radius 1 is 1.13 bits per heavy atom. The first-order valence-electron chi connectivity index (χ1n) is 9.79. The fourth-order valence-electron chi connectivity index (χ4n) is 3.19. The maximum Gasteiger partial charge on any atom is 0.226 e. The van der Waals surface area contributed by atoms with Crippen LogP contribution in [0, 0.1) is 5.82 Å². The largest absolute Gasteiger partial charge is 0.484 e. The van der Waals surface area contributed by atoms with E-state index < -0.39 is 6.10 Å². The second-order valence-corrected chi connectivity index (χ2v) is 8.27. The molecule has 1 atom stereocenters. The molecule has 5 nitrogen and oxygen atoms in total. The molecule has 3 aromatic rings. The number of halogens is 1. The van der Waals surface area contributed by atoms with Gasteiger partial charge in [-0.3, -0.25) is 4.79 Å². The quantitative estimate of drug-likeness (QED) is 0.622. The molecular weight excluding hydrogens is 383 g/mol. The average Bonchev–Trinajstić information content (AvgIpc) is 3.16. The van der Waals surface area contributed by atoms with Crippen molar-refractivity contribution < 1.29 is 18.3 Å². The number of oxazole rings is 1. The highest BCUT2D eigenvalue weighted by molar-refractivity contribution is 6.12. The van der Waals surface area contributed by atoms with Gasteiger partial charge in [-0.05, 0) is 57.2 Å². The molecule has 154 valence electrons. The third-order valence-electron chi connectivity index (χ3n) is 4.70. The first-order valence-corrected chi connectivity index (χ1v) is 9.79. The van der Waals surface area contributed by atoms with Crippen molar-refractivity contribution in [3.8, 4) is 17.2 Å². The van der Waals surface area contributed by atoms with E-state index in [0.29, 0.717) is 40.5 Å². The number of benzene rings is 2. The number of rotatable bonds is 4. The van der Waals surface area contributed by atoms with Crippen LogP contribution in [0.2, 0.25) is 0 Å². The number of nitrogens with one attached hydrogen (secondary N) is 1. The molecule has 0 radical (unpaired) electrons. The van der Waals surface area contributed by atoms with Crippen molar-refractivity contribution >= 4 is 5.78 Å². The summed E-state index contributed by atoms with van der Waals surface area (Å²) in [5.41, 5.74) is 1.55. The topological polar surface area (TPSA) is 64.4 Å². The third kappa shape index (κ3) is 4.27. The van der Waals surface area contributed by atoms with Gasteiger partial charge < -0.3 is 14.5 Å². The normalized spacial score (nSPS) is 17.5. The van der Waals surface area contributed by atoms with E-state index in [0.717, 1.165) is 0 Å². The first-order chi connectivity index (χ1) is 14.3. The Morgan fingerprint density at radius 3 is 2.60 bits per heavy atom. The van der Waals surface area contributed by atoms with Gasteiger partial charge in [0.25, 0.3) is 0 Å². The van der Waals surface area contributed by atoms with Crippen LogP contribution in [0.3, 0.4) is 0 Å². The van der Waals surface area contributed by atoms with Crippen molar-refractivity contribution in [2.75, 3.05) is 0 Å². The van der Waals surface area contributed by atoms with Gasteiger partial charge in [-0.1, -0.05) is 12.1 Å². The molecule has 1 N–H and O–H groups in total. The van der Waals surface area contributed by atoms with Crippen LogP contribution in [-0.4, -0.2) is 22.4 Å². The molecular formula is C24H23FN2O3. The molecule has 0 saturated heterocycles. The number of carbonyl (C=O) groups is 1. The lowest BCUT2D eigenvalue weighted by molar-refractivity contribution is 0.0957. The summed E-state index contributed by atoms with van der Waals surface area (Å²) in [5, 5.41) is 3.26. The number of ether oxygens (including phenoxy) is 1. The van der Waals surface area contributed by atoms with Crippen molar-refractivity contribution in [1.82, 2.24) is 10.3 Å². The molecule has 0 bridgehead atoms. The SMILES string of the molecule is CC(C)(C)N/C=C1\C(=O)c2ccccc2OC1Cc1cnc(-c2ccc(F)cc2)o1. The van der Waals surface area contributed by atoms with E-state index >= 15 is 0 Å². The summed E-state index contributed by atoms with van der Waals surface area (Å²) in [4.78, 5) is 17.4. The van der Waals surface area contributed by atoms with Gasteiger partial charge >= 0.3 is 0 Å². The van der Waals surface area contributed by atoms with Crippen molar-refractivity contribution in [3.05, 3.63) is 83.6 Å². The van der Waals surface area contributed by atoms with Gasteiger partial charge in [0.05, 0.1) is 17.3 Å². The lowest BCUT2D eigenvalue weighted by atomic mass is 9.93. The molecule has 1 aliphatic rings. The summed E-state index contributed by atoms with van der Waals surface area (Å²) in [6, 6.07) is 13.2. The number of hydrogen-bond acceptors (Lipinski definition) is 5. The maximum atomic E-state index is 13.2. The summed E-state index contributed by atoms with van der Waals surface area (Å²) in [5.74, 6) is 1.13. The Kier molecular flexibility index (Phi) is 5.16. The van der Waals surface area contributed by atoms with E-state index in [1.54, 1.807) is 36.7 Å². The molecule has 0 spiro atoms. The van der Waals surface area contributed by atoms with E-state index in [1.165, 1.54) is 12.1 Å². The Hall–Kier alpha value is -3.41. The van der Waals surface area contributed by atoms with Gasteiger partial charge in [-0.25, -0.2) is 9.37 Å². The number of carbonyl (C=O) groups excluding carboxylic acids is 1. The van der Waals surface area contributed by atoms with Crippen LogP contribution in [0.1, 0.15) is 36.9 Å². The summed E-state index contributed by atoms with van der Waals surface area (Å²) >= 11 is 0. The number of para-hydroxylation sites is 1. The molecule has 0 fully saturated rings. The highest BCUT2D eigenvalue weighted by atomic mass is 19.1. The van der Waals surface area contributed by atoms with Crippen LogP contribution in [0.5, 0.6) is 5.75 Å². The minimum Gasteiger partial charge on any atom is -0.484 e. The number of aromatic nitrogens is 1. The molecule has 2 heterocycles. The monoisotopic (exact) mass is 406 g/mol. The summed E-state index contributed by atoms with van der Waals surface area (Å²) in [6.07, 6.45) is 3.17. The van der Waals surface area contributed by atoms with Gasteiger partial charge in [0.1, 0.15) is 23.4 Å². The molecule has 2 aromatic carbocycles. The Morgan fingerprint density at radius 2 is 1.87 bits per heavy atom. The summed E-state index contributed by atoms with van der Waals surface area (Å²) < 4.78 is 25.2. The lowest BCUT2D eigenvalue weighted by Gasteiger charge is -2.28. The van der Waals surface area contributed by atoms with E-state index in [-0.39, 0.29) is 17.1 Å². The molecule has 0 saturated carbocycles. The second kappa shape index (κ2) is 7.78. The number of hydrogen-bond donors (Lipinski definition) is 1. The van der Waals surface area contributed by atoms with Crippen LogP contribution in [0.15, 0.2) is 70.9 Å². The standard InChI is InChI=1S/C24H23FN2O3/c1-24(2,3)27-14-19-21(30-20-7-5-4-6-18(20)22(19)28)12-17-13-26-23(29-17)15-8-10-16(25)11-9-15/h4-11,13-14,21,27H,12H2,1-3H3/b19-14-. The number of nitrogens with zero attached hydrogens (tertiary/aromatic N) is 1. The number of Topliss-reactive ketones (excluding diaryl/α,β-unsaturated/α-hetero) is 1. The van der Waals surface area contributed by atoms with Gasteiger partial charge in [0.15, 0.2) is 5.78 Å². The zero-order chi connectivity index (χ0) is 21.3. The zero-order valence-corrected chi connectivity index (χ0v) is 17.1. The van der Waals surface area contributed by atoms with Crippen molar-refractivity contribution in [3.63, 3.8) is 0 Å². The van der Waals surface area contributed by atoms with E-state index in [1.807, 2.05) is 32.9 Å². The third-order valence-corrected chi connectivity index (χ3v) is 4.70. The predicted molar refractivity (Wildman–Crippen MR) is 112 cm³/mol. The second-order valence-electron chi connectivity index (χ2n) is 8.27. The molecule has 30 heavy (non-hydrogen) atoms. The smallest absolute Gasteiger partial charge is 0.226 e. The Labute approximate surface area is 174 Å².